The summed E-state index contributed by atoms with van der Waals surface area (Å²) in [5.41, 5.74) is 3.88. The smallest absolute Gasteiger partial charge is 0.230 e. The molecule has 1 N–H and O–H groups in total. The summed E-state index contributed by atoms with van der Waals surface area (Å²) >= 11 is 2.95. The molecule has 22 heavy (non-hydrogen) atoms. The van der Waals surface area contributed by atoms with Crippen molar-refractivity contribution >= 4 is 34.1 Å². The van der Waals surface area contributed by atoms with Crippen molar-refractivity contribution in [2.45, 2.75) is 30.0 Å². The number of hydrogen-bond acceptors (Lipinski definition) is 5. The van der Waals surface area contributed by atoms with Crippen LogP contribution < -0.4 is 5.32 Å². The van der Waals surface area contributed by atoms with E-state index in [2.05, 4.69) is 40.3 Å². The van der Waals surface area contributed by atoms with Crippen LogP contribution in [0.4, 0.5) is 5.13 Å². The van der Waals surface area contributed by atoms with Crippen LogP contribution >= 0.6 is 23.1 Å². The predicted octanol–water partition coefficient (Wildman–Crippen LogP) is 3.49. The van der Waals surface area contributed by atoms with Crippen molar-refractivity contribution in [3.05, 3.63) is 47.5 Å². The Bertz CT molecular complexity index is 696. The van der Waals surface area contributed by atoms with Crippen molar-refractivity contribution in [2.24, 2.45) is 0 Å². The lowest BCUT2D eigenvalue weighted by Gasteiger charge is -2.04. The normalized spacial score (nSPS) is 12.9. The second-order valence-corrected chi connectivity index (χ2v) is 7.40. The van der Waals surface area contributed by atoms with Crippen LogP contribution in [0.1, 0.15) is 23.1 Å². The summed E-state index contributed by atoms with van der Waals surface area (Å²) in [5.74, 6) is 0.743. The van der Waals surface area contributed by atoms with E-state index in [-0.39, 0.29) is 5.91 Å². The maximum atomic E-state index is 12.1. The highest BCUT2D eigenvalue weighted by molar-refractivity contribution is 8.01. The molecule has 1 aromatic heterocycles. The molecule has 1 heterocycles. The van der Waals surface area contributed by atoms with Crippen LogP contribution in [-0.2, 0) is 24.1 Å². The van der Waals surface area contributed by atoms with Crippen molar-refractivity contribution in [2.75, 3.05) is 11.1 Å². The molecule has 0 saturated heterocycles. The van der Waals surface area contributed by atoms with Gasteiger partial charge in [-0.15, -0.1) is 16.8 Å². The van der Waals surface area contributed by atoms with Crippen molar-refractivity contribution < 1.29 is 4.79 Å². The van der Waals surface area contributed by atoms with Crippen molar-refractivity contribution in [1.82, 2.24) is 10.2 Å². The molecule has 3 rings (SSSR count). The number of fused-ring (bicyclic) bond motifs is 1. The predicted molar refractivity (Wildman–Crippen MR) is 91.6 cm³/mol. The molecule has 0 bridgehead atoms. The van der Waals surface area contributed by atoms with E-state index in [1.807, 2.05) is 6.08 Å². The molecule has 1 aliphatic carbocycles. The Morgan fingerprint density at radius 1 is 1.36 bits per heavy atom. The van der Waals surface area contributed by atoms with Crippen LogP contribution in [0.2, 0.25) is 0 Å². The Kier molecular flexibility index (Phi) is 4.90. The molecule has 0 aliphatic heterocycles. The van der Waals surface area contributed by atoms with Gasteiger partial charge in [0.15, 0.2) is 4.34 Å². The van der Waals surface area contributed by atoms with E-state index in [9.17, 15) is 4.79 Å². The molecule has 6 heteroatoms. The highest BCUT2D eigenvalue weighted by Gasteiger charge is 2.13. The fourth-order valence-corrected chi connectivity index (χ4v) is 4.06. The number of aromatic nitrogens is 2. The first kappa shape index (κ1) is 15.2. The van der Waals surface area contributed by atoms with E-state index in [4.69, 9.17) is 0 Å². The molecule has 1 amide bonds. The summed E-state index contributed by atoms with van der Waals surface area (Å²) in [6.07, 6.45) is 5.71. The molecule has 0 radical (unpaired) electrons. The number of nitrogens with zero attached hydrogens (tertiary/aromatic N) is 2. The Morgan fingerprint density at radius 2 is 2.23 bits per heavy atom. The number of nitrogens with one attached hydrogen (secondary N) is 1. The molecule has 0 saturated carbocycles. The molecule has 114 valence electrons. The van der Waals surface area contributed by atoms with Crippen LogP contribution in [0, 0.1) is 0 Å². The lowest BCUT2D eigenvalue weighted by Crippen LogP contribution is -2.14. The highest BCUT2D eigenvalue weighted by atomic mass is 32.2. The van der Waals surface area contributed by atoms with Crippen LogP contribution in [0.25, 0.3) is 0 Å². The number of anilines is 1. The fraction of sp³-hybridized carbons (Fsp3) is 0.312. The molecule has 0 atom stereocenters. The van der Waals surface area contributed by atoms with E-state index in [1.54, 1.807) is 11.8 Å². The third-order valence-corrected chi connectivity index (χ3v) is 5.47. The zero-order chi connectivity index (χ0) is 15.4. The van der Waals surface area contributed by atoms with Gasteiger partial charge >= 0.3 is 0 Å². The summed E-state index contributed by atoms with van der Waals surface area (Å²) < 4.78 is 0.840. The highest BCUT2D eigenvalue weighted by Crippen LogP contribution is 2.26. The zero-order valence-corrected chi connectivity index (χ0v) is 13.8. The molecule has 0 fully saturated rings. The number of rotatable bonds is 6. The number of carbonyl (C=O) groups excluding carboxylic acids is 1. The summed E-state index contributed by atoms with van der Waals surface area (Å²) in [6, 6.07) is 6.36. The quantitative estimate of drug-likeness (QED) is 0.500. The largest absolute Gasteiger partial charge is 0.300 e. The first-order chi connectivity index (χ1) is 10.7. The van der Waals surface area contributed by atoms with Gasteiger partial charge in [-0.25, -0.2) is 0 Å². The molecule has 1 aliphatic rings. The zero-order valence-electron chi connectivity index (χ0n) is 12.2. The number of benzene rings is 1. The summed E-state index contributed by atoms with van der Waals surface area (Å²) in [4.78, 5) is 12.1. The van der Waals surface area contributed by atoms with Gasteiger partial charge in [0.1, 0.15) is 0 Å². The van der Waals surface area contributed by atoms with Crippen LogP contribution in [-0.4, -0.2) is 21.9 Å². The average molecular weight is 331 g/mol. The van der Waals surface area contributed by atoms with Gasteiger partial charge < -0.3 is 5.32 Å². The van der Waals surface area contributed by atoms with Gasteiger partial charge in [-0.3, -0.25) is 4.79 Å². The standard InChI is InChI=1S/C16H17N3OS2/c1-2-8-21-16-19-18-15(22-16)17-14(20)10-11-6-7-12-4-3-5-13(12)9-11/h2,6-7,9H,1,3-5,8,10H2,(H,17,18,20). The topological polar surface area (TPSA) is 54.9 Å². The third kappa shape index (κ3) is 3.75. The van der Waals surface area contributed by atoms with E-state index < -0.39 is 0 Å². The van der Waals surface area contributed by atoms with E-state index >= 15 is 0 Å². The maximum Gasteiger partial charge on any atom is 0.230 e. The summed E-state index contributed by atoms with van der Waals surface area (Å²) in [7, 11) is 0. The molecule has 2 aromatic rings. The number of carbonyl (C=O) groups is 1. The minimum Gasteiger partial charge on any atom is -0.300 e. The number of hydrogen-bond donors (Lipinski definition) is 1. The Hall–Kier alpha value is -1.66. The van der Waals surface area contributed by atoms with Gasteiger partial charge in [0.25, 0.3) is 0 Å². The fourth-order valence-electron chi connectivity index (χ4n) is 2.53. The van der Waals surface area contributed by atoms with Crippen LogP contribution in [0.5, 0.6) is 0 Å². The Balaban J connectivity index is 1.58. The van der Waals surface area contributed by atoms with Gasteiger partial charge in [-0.05, 0) is 36.0 Å². The van der Waals surface area contributed by atoms with Gasteiger partial charge in [-0.2, -0.15) is 0 Å². The lowest BCUT2D eigenvalue weighted by atomic mass is 10.0. The van der Waals surface area contributed by atoms with E-state index in [0.29, 0.717) is 11.6 Å². The second-order valence-electron chi connectivity index (χ2n) is 5.15. The van der Waals surface area contributed by atoms with Crippen LogP contribution in [0.15, 0.2) is 35.2 Å². The minimum atomic E-state index is -0.0469. The molecule has 0 spiro atoms. The molecular weight excluding hydrogens is 314 g/mol. The van der Waals surface area contributed by atoms with Crippen molar-refractivity contribution in [3.63, 3.8) is 0 Å². The molecule has 0 unspecified atom stereocenters. The first-order valence-corrected chi connectivity index (χ1v) is 9.02. The van der Waals surface area contributed by atoms with Crippen molar-refractivity contribution in [3.8, 4) is 0 Å². The number of thioether (sulfide) groups is 1. The van der Waals surface area contributed by atoms with Gasteiger partial charge in [-0.1, -0.05) is 47.4 Å². The average Bonchev–Trinajstić information content (AvgIpc) is 3.13. The maximum absolute atomic E-state index is 12.1. The molecule has 4 nitrogen and oxygen atoms in total. The third-order valence-electron chi connectivity index (χ3n) is 3.51. The second kappa shape index (κ2) is 7.07. The Morgan fingerprint density at radius 3 is 3.09 bits per heavy atom. The lowest BCUT2D eigenvalue weighted by molar-refractivity contribution is -0.115. The van der Waals surface area contributed by atoms with Gasteiger partial charge in [0.2, 0.25) is 11.0 Å². The number of amides is 1. The molecule has 1 aromatic carbocycles. The Labute approximate surface area is 138 Å². The van der Waals surface area contributed by atoms with Crippen molar-refractivity contribution in [1.29, 1.82) is 0 Å². The minimum absolute atomic E-state index is 0.0469. The number of aryl methyl sites for hydroxylation is 2. The van der Waals surface area contributed by atoms with Gasteiger partial charge in [0, 0.05) is 5.75 Å². The van der Waals surface area contributed by atoms with E-state index in [0.717, 1.165) is 28.5 Å². The molecular formula is C16H17N3OS2. The van der Waals surface area contributed by atoms with Gasteiger partial charge in [0.05, 0.1) is 6.42 Å². The first-order valence-electron chi connectivity index (χ1n) is 7.22. The van der Waals surface area contributed by atoms with E-state index in [1.165, 1.54) is 28.9 Å². The SMILES string of the molecule is C=CCSc1nnc(NC(=O)Cc2ccc3c(c2)CCC3)s1. The summed E-state index contributed by atoms with van der Waals surface area (Å²) in [5, 5.41) is 11.4. The van der Waals surface area contributed by atoms with Crippen LogP contribution in [0.3, 0.4) is 0 Å². The monoisotopic (exact) mass is 331 g/mol. The summed E-state index contributed by atoms with van der Waals surface area (Å²) in [6.45, 7) is 3.67.